The Morgan fingerprint density at radius 3 is 2.39 bits per heavy atom. The molecule has 0 saturated heterocycles. The van der Waals surface area contributed by atoms with E-state index in [-0.39, 0.29) is 23.4 Å². The van der Waals surface area contributed by atoms with Crippen LogP contribution in [0.2, 0.25) is 0 Å². The van der Waals surface area contributed by atoms with E-state index in [1.165, 1.54) is 12.3 Å². The smallest absolute Gasteiger partial charge is 0.344 e. The first-order chi connectivity index (χ1) is 16.0. The van der Waals surface area contributed by atoms with Gasteiger partial charge in [0.15, 0.2) is 6.61 Å². The maximum atomic E-state index is 12.8. The zero-order valence-electron chi connectivity index (χ0n) is 18.4. The van der Waals surface area contributed by atoms with Gasteiger partial charge in [-0.15, -0.1) is 0 Å². The number of nitrogens with one attached hydrogen (secondary N) is 2. The van der Waals surface area contributed by atoms with Crippen LogP contribution < -0.4 is 15.4 Å². The van der Waals surface area contributed by atoms with Gasteiger partial charge < -0.3 is 20.1 Å². The normalized spacial score (nSPS) is 11.2. The van der Waals surface area contributed by atoms with Gasteiger partial charge in [0.1, 0.15) is 5.56 Å². The van der Waals surface area contributed by atoms with Crippen molar-refractivity contribution in [2.24, 2.45) is 0 Å². The van der Waals surface area contributed by atoms with Crippen molar-refractivity contribution >= 4 is 23.5 Å². The van der Waals surface area contributed by atoms with E-state index in [0.29, 0.717) is 17.9 Å². The number of rotatable bonds is 9. The molecule has 0 aliphatic rings. The second kappa shape index (κ2) is 11.4. The van der Waals surface area contributed by atoms with Gasteiger partial charge in [0.05, 0.1) is 23.9 Å². The minimum Gasteiger partial charge on any atom is -0.477 e. The van der Waals surface area contributed by atoms with Crippen molar-refractivity contribution < 1.29 is 23.9 Å². The summed E-state index contributed by atoms with van der Waals surface area (Å²) in [7, 11) is 0. The number of pyridine rings is 1. The van der Waals surface area contributed by atoms with Gasteiger partial charge in [0, 0.05) is 6.20 Å². The Morgan fingerprint density at radius 2 is 1.64 bits per heavy atom. The molecular weight excluding hydrogens is 422 g/mol. The van der Waals surface area contributed by atoms with Crippen LogP contribution in [0.3, 0.4) is 0 Å². The number of carbonyl (C=O) groups is 3. The monoisotopic (exact) mass is 447 g/mol. The summed E-state index contributed by atoms with van der Waals surface area (Å²) in [6.07, 6.45) is 1.50. The SMILES string of the molecule is CCOc1ncccc1C(=O)OCC(=O)Nc1ccccc1C(=O)N[C@@H](C)c1ccccc1. The van der Waals surface area contributed by atoms with Crippen molar-refractivity contribution in [2.75, 3.05) is 18.5 Å². The first-order valence-corrected chi connectivity index (χ1v) is 10.5. The van der Waals surface area contributed by atoms with Gasteiger partial charge in [-0.05, 0) is 43.7 Å². The largest absolute Gasteiger partial charge is 0.477 e. The minimum absolute atomic E-state index is 0.127. The van der Waals surface area contributed by atoms with Gasteiger partial charge in [-0.2, -0.15) is 0 Å². The zero-order valence-corrected chi connectivity index (χ0v) is 18.4. The highest BCUT2D eigenvalue weighted by atomic mass is 16.5. The molecule has 1 atom stereocenters. The predicted molar refractivity (Wildman–Crippen MR) is 123 cm³/mol. The second-order valence-corrected chi connectivity index (χ2v) is 7.06. The lowest BCUT2D eigenvalue weighted by atomic mass is 10.1. The molecule has 1 aromatic heterocycles. The summed E-state index contributed by atoms with van der Waals surface area (Å²) < 4.78 is 10.4. The van der Waals surface area contributed by atoms with Crippen LogP contribution >= 0.6 is 0 Å². The van der Waals surface area contributed by atoms with E-state index in [1.807, 2.05) is 37.3 Å². The molecule has 3 rings (SSSR count). The van der Waals surface area contributed by atoms with Gasteiger partial charge in [0.2, 0.25) is 5.88 Å². The van der Waals surface area contributed by atoms with E-state index in [4.69, 9.17) is 9.47 Å². The van der Waals surface area contributed by atoms with E-state index in [1.54, 1.807) is 37.3 Å². The fourth-order valence-electron chi connectivity index (χ4n) is 3.08. The molecule has 33 heavy (non-hydrogen) atoms. The Balaban J connectivity index is 1.62. The van der Waals surface area contributed by atoms with E-state index >= 15 is 0 Å². The molecule has 0 fully saturated rings. The third-order valence-electron chi connectivity index (χ3n) is 4.70. The number of amides is 2. The van der Waals surface area contributed by atoms with E-state index in [9.17, 15) is 14.4 Å². The average Bonchev–Trinajstić information content (AvgIpc) is 2.84. The van der Waals surface area contributed by atoms with Crippen LogP contribution in [-0.2, 0) is 9.53 Å². The molecular formula is C25H25N3O5. The number of anilines is 1. The molecule has 170 valence electrons. The lowest BCUT2D eigenvalue weighted by Gasteiger charge is -2.16. The topological polar surface area (TPSA) is 107 Å². The average molecular weight is 447 g/mol. The predicted octanol–water partition coefficient (Wildman–Crippen LogP) is 3.77. The molecule has 2 amide bonds. The minimum atomic E-state index is -0.732. The lowest BCUT2D eigenvalue weighted by molar-refractivity contribution is -0.119. The number of ether oxygens (including phenoxy) is 2. The summed E-state index contributed by atoms with van der Waals surface area (Å²) in [5, 5.41) is 5.55. The number of hydrogen-bond donors (Lipinski definition) is 2. The quantitative estimate of drug-likeness (QED) is 0.484. The van der Waals surface area contributed by atoms with Gasteiger partial charge in [-0.1, -0.05) is 42.5 Å². The maximum absolute atomic E-state index is 12.8. The van der Waals surface area contributed by atoms with Crippen LogP contribution in [-0.4, -0.2) is 36.0 Å². The molecule has 0 bridgehead atoms. The summed E-state index contributed by atoms with van der Waals surface area (Å²) in [6, 6.07) is 19.0. The fraction of sp³-hybridized carbons (Fsp3) is 0.200. The Hall–Kier alpha value is -4.20. The van der Waals surface area contributed by atoms with Crippen LogP contribution in [0.5, 0.6) is 5.88 Å². The van der Waals surface area contributed by atoms with Crippen molar-refractivity contribution in [3.63, 3.8) is 0 Å². The molecule has 2 aromatic carbocycles. The highest BCUT2D eigenvalue weighted by Crippen LogP contribution is 2.19. The number of esters is 1. The molecule has 0 unspecified atom stereocenters. The summed E-state index contributed by atoms with van der Waals surface area (Å²) >= 11 is 0. The Morgan fingerprint density at radius 1 is 0.939 bits per heavy atom. The molecule has 0 aliphatic heterocycles. The van der Waals surface area contributed by atoms with Crippen LogP contribution in [0, 0.1) is 0 Å². The number of hydrogen-bond acceptors (Lipinski definition) is 6. The molecule has 2 N–H and O–H groups in total. The Labute approximate surface area is 191 Å². The highest BCUT2D eigenvalue weighted by Gasteiger charge is 2.19. The standard InChI is InChI=1S/C25H25N3O5/c1-3-32-24-20(13-9-15-26-24)25(31)33-16-22(29)28-21-14-8-7-12-19(21)23(30)27-17(2)18-10-5-4-6-11-18/h4-15,17H,3,16H2,1-2H3,(H,27,30)(H,28,29)/t17-/m0/s1. The number of nitrogens with zero attached hydrogens (tertiary/aromatic N) is 1. The van der Waals surface area contributed by atoms with Gasteiger partial charge in [0.25, 0.3) is 11.8 Å². The van der Waals surface area contributed by atoms with Crippen molar-refractivity contribution in [3.8, 4) is 5.88 Å². The van der Waals surface area contributed by atoms with Crippen molar-refractivity contribution in [3.05, 3.63) is 89.6 Å². The van der Waals surface area contributed by atoms with Crippen LogP contribution in [0.25, 0.3) is 0 Å². The zero-order chi connectivity index (χ0) is 23.6. The third kappa shape index (κ3) is 6.39. The molecule has 1 heterocycles. The van der Waals surface area contributed by atoms with E-state index < -0.39 is 18.5 Å². The molecule has 0 spiro atoms. The molecule has 0 radical (unpaired) electrons. The lowest BCUT2D eigenvalue weighted by Crippen LogP contribution is -2.28. The van der Waals surface area contributed by atoms with Crippen LogP contribution in [0.4, 0.5) is 5.69 Å². The molecule has 3 aromatic rings. The summed E-state index contributed by atoms with van der Waals surface area (Å²) in [6.45, 7) is 3.45. The van der Waals surface area contributed by atoms with Gasteiger partial charge in [-0.25, -0.2) is 9.78 Å². The molecule has 8 heteroatoms. The number of aromatic nitrogens is 1. The van der Waals surface area contributed by atoms with E-state index in [2.05, 4.69) is 15.6 Å². The second-order valence-electron chi connectivity index (χ2n) is 7.06. The fourth-order valence-corrected chi connectivity index (χ4v) is 3.08. The number of carbonyl (C=O) groups excluding carboxylic acids is 3. The van der Waals surface area contributed by atoms with E-state index in [0.717, 1.165) is 5.56 Å². The van der Waals surface area contributed by atoms with Gasteiger partial charge in [-0.3, -0.25) is 9.59 Å². The first kappa shape index (κ1) is 23.5. The Kier molecular flexibility index (Phi) is 8.13. The number of benzene rings is 2. The third-order valence-corrected chi connectivity index (χ3v) is 4.70. The molecule has 0 saturated carbocycles. The van der Waals surface area contributed by atoms with Crippen molar-refractivity contribution in [1.29, 1.82) is 0 Å². The van der Waals surface area contributed by atoms with Crippen LogP contribution in [0.1, 0.15) is 46.2 Å². The van der Waals surface area contributed by atoms with Crippen molar-refractivity contribution in [1.82, 2.24) is 10.3 Å². The summed E-state index contributed by atoms with van der Waals surface area (Å²) in [4.78, 5) is 41.6. The number of para-hydroxylation sites is 1. The Bertz CT molecular complexity index is 1120. The summed E-state index contributed by atoms with van der Waals surface area (Å²) in [5.74, 6) is -1.51. The highest BCUT2D eigenvalue weighted by molar-refractivity contribution is 6.04. The maximum Gasteiger partial charge on any atom is 0.344 e. The van der Waals surface area contributed by atoms with Crippen LogP contribution in [0.15, 0.2) is 72.9 Å². The van der Waals surface area contributed by atoms with Crippen molar-refractivity contribution in [2.45, 2.75) is 19.9 Å². The molecule has 8 nitrogen and oxygen atoms in total. The summed E-state index contributed by atoms with van der Waals surface area (Å²) in [5.41, 5.74) is 1.70. The first-order valence-electron chi connectivity index (χ1n) is 10.5. The van der Waals surface area contributed by atoms with Gasteiger partial charge >= 0.3 is 5.97 Å². The molecule has 0 aliphatic carbocycles.